The molecule has 1 amide bonds. The Hall–Kier alpha value is -2.83. The third-order valence-corrected chi connectivity index (χ3v) is 6.61. The van der Waals surface area contributed by atoms with Crippen LogP contribution in [0.2, 0.25) is 5.02 Å². The fraction of sp³-hybridized carbons (Fsp3) is 0.136. The number of halogens is 1. The van der Waals surface area contributed by atoms with Gasteiger partial charge in [0.15, 0.2) is 0 Å². The Kier molecular flexibility index (Phi) is 6.25. The van der Waals surface area contributed by atoms with Gasteiger partial charge >= 0.3 is 0 Å². The number of anilines is 1. The van der Waals surface area contributed by atoms with E-state index >= 15 is 0 Å². The first-order chi connectivity index (χ1) is 13.8. The normalized spacial score (nSPS) is 11.1. The summed E-state index contributed by atoms with van der Waals surface area (Å²) in [4.78, 5) is 14.5. The maximum Gasteiger partial charge on any atom is 0.264 e. The van der Waals surface area contributed by atoms with Gasteiger partial charge in [-0.3, -0.25) is 9.10 Å². The first-order valence-electron chi connectivity index (χ1n) is 8.93. The van der Waals surface area contributed by atoms with Crippen molar-refractivity contribution in [3.63, 3.8) is 0 Å². The molecule has 0 radical (unpaired) electrons. The zero-order valence-electron chi connectivity index (χ0n) is 16.1. The van der Waals surface area contributed by atoms with Gasteiger partial charge in [0, 0.05) is 25.7 Å². The fourth-order valence-electron chi connectivity index (χ4n) is 2.98. The number of hydrogen-bond donors (Lipinski definition) is 0. The van der Waals surface area contributed by atoms with Crippen molar-refractivity contribution in [1.82, 2.24) is 4.90 Å². The van der Waals surface area contributed by atoms with Crippen LogP contribution in [0, 0.1) is 0 Å². The molecule has 0 saturated carbocycles. The summed E-state index contributed by atoms with van der Waals surface area (Å²) in [6, 6.07) is 22.2. The maximum atomic E-state index is 13.2. The largest absolute Gasteiger partial charge is 0.337 e. The second kappa shape index (κ2) is 8.68. The second-order valence-corrected chi connectivity index (χ2v) is 8.97. The number of carbonyl (C=O) groups is 1. The third-order valence-electron chi connectivity index (χ3n) is 4.53. The second-order valence-electron chi connectivity index (χ2n) is 6.60. The molecule has 3 aromatic rings. The van der Waals surface area contributed by atoms with Crippen molar-refractivity contribution in [3.05, 3.63) is 95.0 Å². The van der Waals surface area contributed by atoms with E-state index in [1.54, 1.807) is 55.6 Å². The van der Waals surface area contributed by atoms with Crippen LogP contribution in [0.3, 0.4) is 0 Å². The first kappa shape index (κ1) is 20.9. The minimum Gasteiger partial charge on any atom is -0.337 e. The van der Waals surface area contributed by atoms with E-state index in [0.29, 0.717) is 17.3 Å². The van der Waals surface area contributed by atoms with Crippen molar-refractivity contribution in [3.8, 4) is 0 Å². The summed E-state index contributed by atoms with van der Waals surface area (Å²) in [6.45, 7) is 0.308. The molecule has 0 bridgehead atoms. The first-order valence-corrected chi connectivity index (χ1v) is 10.8. The molecule has 29 heavy (non-hydrogen) atoms. The van der Waals surface area contributed by atoms with E-state index in [-0.39, 0.29) is 16.4 Å². The number of amides is 1. The molecule has 0 fully saturated rings. The van der Waals surface area contributed by atoms with E-state index < -0.39 is 10.0 Å². The quantitative estimate of drug-likeness (QED) is 0.583. The number of hydrogen-bond acceptors (Lipinski definition) is 3. The number of benzene rings is 3. The molecule has 0 aliphatic heterocycles. The van der Waals surface area contributed by atoms with Crippen molar-refractivity contribution in [1.29, 1.82) is 0 Å². The molecule has 0 saturated heterocycles. The standard InChI is InChI=1S/C22H21ClN2O3S/c1-24(16-17-9-8-10-18(23)15-17)22(26)20-13-6-7-14-21(20)29(27,28)25(2)19-11-4-3-5-12-19/h3-15H,16H2,1-2H3. The lowest BCUT2D eigenvalue weighted by atomic mass is 10.1. The van der Waals surface area contributed by atoms with Crippen LogP contribution in [-0.4, -0.2) is 33.3 Å². The summed E-state index contributed by atoms with van der Waals surface area (Å²) in [6.07, 6.45) is 0. The lowest BCUT2D eigenvalue weighted by Gasteiger charge is -2.23. The lowest BCUT2D eigenvalue weighted by Crippen LogP contribution is -2.31. The monoisotopic (exact) mass is 428 g/mol. The van der Waals surface area contributed by atoms with Crippen molar-refractivity contribution in [2.24, 2.45) is 0 Å². The highest BCUT2D eigenvalue weighted by molar-refractivity contribution is 7.92. The molecule has 0 unspecified atom stereocenters. The summed E-state index contributed by atoms with van der Waals surface area (Å²) in [5, 5.41) is 0.579. The number of nitrogens with zero attached hydrogens (tertiary/aromatic N) is 2. The van der Waals surface area contributed by atoms with Gasteiger partial charge in [-0.05, 0) is 42.0 Å². The van der Waals surface area contributed by atoms with Crippen LogP contribution >= 0.6 is 11.6 Å². The average Bonchev–Trinajstić information content (AvgIpc) is 2.73. The smallest absolute Gasteiger partial charge is 0.264 e. The molecule has 3 aromatic carbocycles. The van der Waals surface area contributed by atoms with Crippen LogP contribution in [0.4, 0.5) is 5.69 Å². The molecule has 0 aromatic heterocycles. The summed E-state index contributed by atoms with van der Waals surface area (Å²) in [7, 11) is -0.810. The minimum atomic E-state index is -3.92. The van der Waals surface area contributed by atoms with Crippen LogP contribution < -0.4 is 4.31 Å². The molecule has 150 valence electrons. The number of sulfonamides is 1. The van der Waals surface area contributed by atoms with Crippen LogP contribution in [0.1, 0.15) is 15.9 Å². The number of rotatable bonds is 6. The van der Waals surface area contributed by atoms with Gasteiger partial charge in [0.1, 0.15) is 4.90 Å². The average molecular weight is 429 g/mol. The van der Waals surface area contributed by atoms with Crippen molar-refractivity contribution < 1.29 is 13.2 Å². The van der Waals surface area contributed by atoms with Gasteiger partial charge in [0.25, 0.3) is 15.9 Å². The van der Waals surface area contributed by atoms with Crippen LogP contribution in [-0.2, 0) is 16.6 Å². The van der Waals surface area contributed by atoms with Crippen LogP contribution in [0.5, 0.6) is 0 Å². The van der Waals surface area contributed by atoms with E-state index in [4.69, 9.17) is 11.6 Å². The zero-order valence-corrected chi connectivity index (χ0v) is 17.7. The summed E-state index contributed by atoms with van der Waals surface area (Å²) < 4.78 is 27.6. The molecule has 0 atom stereocenters. The fourth-order valence-corrected chi connectivity index (χ4v) is 4.57. The van der Waals surface area contributed by atoms with E-state index in [2.05, 4.69) is 0 Å². The van der Waals surface area contributed by atoms with E-state index in [9.17, 15) is 13.2 Å². The highest BCUT2D eigenvalue weighted by atomic mass is 35.5. The van der Waals surface area contributed by atoms with Gasteiger partial charge in [0.2, 0.25) is 0 Å². The molecule has 5 nitrogen and oxygen atoms in total. The molecule has 0 spiro atoms. The van der Waals surface area contributed by atoms with Gasteiger partial charge in [-0.25, -0.2) is 8.42 Å². The Labute approximate surface area is 176 Å². The molecule has 0 aliphatic rings. The van der Waals surface area contributed by atoms with E-state index in [0.717, 1.165) is 5.56 Å². The molecule has 0 N–H and O–H groups in total. The highest BCUT2D eigenvalue weighted by Crippen LogP contribution is 2.25. The molecule has 0 heterocycles. The maximum absolute atomic E-state index is 13.2. The molecule has 3 rings (SSSR count). The van der Waals surface area contributed by atoms with Crippen LogP contribution in [0.15, 0.2) is 83.8 Å². The number of carbonyl (C=O) groups excluding carboxylic acids is 1. The molecule has 7 heteroatoms. The Morgan fingerprint density at radius 2 is 1.55 bits per heavy atom. The van der Waals surface area contributed by atoms with Gasteiger partial charge in [-0.2, -0.15) is 0 Å². The molecule has 0 aliphatic carbocycles. The predicted octanol–water partition coefficient (Wildman–Crippen LogP) is 4.44. The summed E-state index contributed by atoms with van der Waals surface area (Å²) in [5.41, 5.74) is 1.50. The van der Waals surface area contributed by atoms with Crippen molar-refractivity contribution in [2.75, 3.05) is 18.4 Å². The summed E-state index contributed by atoms with van der Waals surface area (Å²) in [5.74, 6) is -0.384. The lowest BCUT2D eigenvalue weighted by molar-refractivity contribution is 0.0781. The van der Waals surface area contributed by atoms with E-state index in [1.807, 2.05) is 18.2 Å². The predicted molar refractivity (Wildman–Crippen MR) is 116 cm³/mol. The van der Waals surface area contributed by atoms with Crippen LogP contribution in [0.25, 0.3) is 0 Å². The highest BCUT2D eigenvalue weighted by Gasteiger charge is 2.28. The molecular formula is C22H21ClN2O3S. The number of para-hydroxylation sites is 1. The SMILES string of the molecule is CN(Cc1cccc(Cl)c1)C(=O)c1ccccc1S(=O)(=O)N(C)c1ccccc1. The summed E-state index contributed by atoms with van der Waals surface area (Å²) >= 11 is 6.01. The van der Waals surface area contributed by atoms with Crippen molar-refractivity contribution in [2.45, 2.75) is 11.4 Å². The van der Waals surface area contributed by atoms with Gasteiger partial charge in [0.05, 0.1) is 11.3 Å². The van der Waals surface area contributed by atoms with Gasteiger partial charge < -0.3 is 4.90 Å². The topological polar surface area (TPSA) is 57.7 Å². The van der Waals surface area contributed by atoms with Crippen molar-refractivity contribution >= 4 is 33.2 Å². The Morgan fingerprint density at radius 1 is 0.897 bits per heavy atom. The van der Waals surface area contributed by atoms with E-state index in [1.165, 1.54) is 28.4 Å². The minimum absolute atomic E-state index is 0.0331. The molecular weight excluding hydrogens is 408 g/mol. The van der Waals surface area contributed by atoms with Gasteiger partial charge in [-0.1, -0.05) is 54.1 Å². The van der Waals surface area contributed by atoms with Gasteiger partial charge in [-0.15, -0.1) is 0 Å². The third kappa shape index (κ3) is 4.60. The Bertz CT molecular complexity index is 1120. The zero-order chi connectivity index (χ0) is 21.0. The Balaban J connectivity index is 1.92. The Morgan fingerprint density at radius 3 is 2.24 bits per heavy atom.